The predicted octanol–water partition coefficient (Wildman–Crippen LogP) is 3.65. The highest BCUT2D eigenvalue weighted by atomic mass is 16.2. The van der Waals surface area contributed by atoms with Crippen molar-refractivity contribution >= 4 is 11.8 Å². The van der Waals surface area contributed by atoms with Gasteiger partial charge in [0.1, 0.15) is 6.04 Å². The molecule has 1 aromatic carbocycles. The van der Waals surface area contributed by atoms with E-state index in [-0.39, 0.29) is 17.9 Å². The van der Waals surface area contributed by atoms with Gasteiger partial charge in [-0.25, -0.2) is 0 Å². The molecular formula is C22H32N2O2. The van der Waals surface area contributed by atoms with Crippen LogP contribution in [0.15, 0.2) is 30.3 Å². The van der Waals surface area contributed by atoms with Gasteiger partial charge in [0.25, 0.3) is 0 Å². The van der Waals surface area contributed by atoms with Crippen LogP contribution in [-0.4, -0.2) is 47.3 Å². The summed E-state index contributed by atoms with van der Waals surface area (Å²) in [5.41, 5.74) is 1.33. The summed E-state index contributed by atoms with van der Waals surface area (Å²) < 4.78 is 0. The number of rotatable bonds is 6. The second-order valence-electron chi connectivity index (χ2n) is 7.95. The average molecular weight is 357 g/mol. The molecule has 0 aliphatic carbocycles. The van der Waals surface area contributed by atoms with Crippen molar-refractivity contribution in [3.63, 3.8) is 0 Å². The van der Waals surface area contributed by atoms with E-state index >= 15 is 0 Å². The fourth-order valence-electron chi connectivity index (χ4n) is 4.16. The first-order valence-corrected chi connectivity index (χ1v) is 10.3. The third-order valence-electron chi connectivity index (χ3n) is 5.90. The first-order chi connectivity index (χ1) is 12.6. The Morgan fingerprint density at radius 1 is 1.00 bits per heavy atom. The summed E-state index contributed by atoms with van der Waals surface area (Å²) in [6.07, 6.45) is 7.46. The van der Waals surface area contributed by atoms with Crippen molar-refractivity contribution in [2.75, 3.05) is 19.6 Å². The summed E-state index contributed by atoms with van der Waals surface area (Å²) in [6, 6.07) is 10.2. The maximum Gasteiger partial charge on any atom is 0.245 e. The normalized spacial score (nSPS) is 21.2. The van der Waals surface area contributed by atoms with Crippen LogP contribution in [0.3, 0.4) is 0 Å². The van der Waals surface area contributed by atoms with Crippen LogP contribution in [-0.2, 0) is 16.0 Å². The monoisotopic (exact) mass is 356 g/mol. The second-order valence-corrected chi connectivity index (χ2v) is 7.95. The highest BCUT2D eigenvalue weighted by molar-refractivity contribution is 5.88. The summed E-state index contributed by atoms with van der Waals surface area (Å²) >= 11 is 0. The van der Waals surface area contributed by atoms with E-state index in [2.05, 4.69) is 31.2 Å². The number of likely N-dealkylation sites (tertiary alicyclic amines) is 2. The molecule has 1 aromatic rings. The van der Waals surface area contributed by atoms with Crippen molar-refractivity contribution < 1.29 is 9.59 Å². The number of aryl methyl sites for hydroxylation is 1. The lowest BCUT2D eigenvalue weighted by molar-refractivity contribution is -0.144. The van der Waals surface area contributed by atoms with Gasteiger partial charge in [-0.1, -0.05) is 37.3 Å². The van der Waals surface area contributed by atoms with Gasteiger partial charge in [0, 0.05) is 26.1 Å². The van der Waals surface area contributed by atoms with Crippen LogP contribution < -0.4 is 0 Å². The largest absolute Gasteiger partial charge is 0.341 e. The fourth-order valence-corrected chi connectivity index (χ4v) is 4.16. The van der Waals surface area contributed by atoms with Gasteiger partial charge in [-0.2, -0.15) is 0 Å². The highest BCUT2D eigenvalue weighted by Crippen LogP contribution is 2.24. The number of benzene rings is 1. The van der Waals surface area contributed by atoms with Gasteiger partial charge < -0.3 is 9.80 Å². The van der Waals surface area contributed by atoms with E-state index in [1.54, 1.807) is 0 Å². The van der Waals surface area contributed by atoms with Crippen molar-refractivity contribution in [3.8, 4) is 0 Å². The van der Waals surface area contributed by atoms with Crippen LogP contribution in [0.25, 0.3) is 0 Å². The van der Waals surface area contributed by atoms with Crippen molar-refractivity contribution in [1.29, 1.82) is 0 Å². The SMILES string of the molecule is CC1CCN(C(=O)[C@@H]2CCCN2C(=O)CCCCc2ccccc2)CC1. The zero-order valence-electron chi connectivity index (χ0n) is 16.0. The van der Waals surface area contributed by atoms with Crippen LogP contribution >= 0.6 is 0 Å². The molecule has 0 bridgehead atoms. The Bertz CT molecular complexity index is 593. The standard InChI is InChI=1S/C22H32N2O2/c1-18-13-16-23(17-14-18)22(26)20-11-7-15-24(20)21(25)12-6-5-10-19-8-3-2-4-9-19/h2-4,8-9,18,20H,5-7,10-17H2,1H3/t20-/m0/s1. The molecule has 4 nitrogen and oxygen atoms in total. The highest BCUT2D eigenvalue weighted by Gasteiger charge is 2.36. The molecule has 0 spiro atoms. The first-order valence-electron chi connectivity index (χ1n) is 10.3. The molecule has 0 saturated carbocycles. The van der Waals surface area contributed by atoms with Crippen LogP contribution in [0, 0.1) is 5.92 Å². The molecule has 142 valence electrons. The molecular weight excluding hydrogens is 324 g/mol. The number of nitrogens with zero attached hydrogens (tertiary/aromatic N) is 2. The number of hydrogen-bond acceptors (Lipinski definition) is 2. The van der Waals surface area contributed by atoms with Gasteiger partial charge in [0.2, 0.25) is 11.8 Å². The van der Waals surface area contributed by atoms with Gasteiger partial charge in [-0.05, 0) is 56.4 Å². The summed E-state index contributed by atoms with van der Waals surface area (Å²) in [6.45, 7) is 4.71. The lowest BCUT2D eigenvalue weighted by atomic mass is 9.98. The molecule has 2 fully saturated rings. The predicted molar refractivity (Wildman–Crippen MR) is 104 cm³/mol. The van der Waals surface area contributed by atoms with Crippen LogP contribution in [0.5, 0.6) is 0 Å². The molecule has 0 aromatic heterocycles. The van der Waals surface area contributed by atoms with E-state index in [0.29, 0.717) is 12.3 Å². The van der Waals surface area contributed by atoms with E-state index in [4.69, 9.17) is 0 Å². The van der Waals surface area contributed by atoms with Crippen molar-refractivity contribution in [2.45, 2.75) is 64.3 Å². The Kier molecular flexibility index (Phi) is 6.70. The van der Waals surface area contributed by atoms with Gasteiger partial charge in [-0.3, -0.25) is 9.59 Å². The molecule has 4 heteroatoms. The van der Waals surface area contributed by atoms with Gasteiger partial charge in [0.15, 0.2) is 0 Å². The molecule has 0 unspecified atom stereocenters. The van der Waals surface area contributed by atoms with Crippen LogP contribution in [0.2, 0.25) is 0 Å². The third kappa shape index (κ3) is 4.87. The number of carbonyl (C=O) groups excluding carboxylic acids is 2. The molecule has 2 aliphatic heterocycles. The molecule has 2 heterocycles. The summed E-state index contributed by atoms with van der Waals surface area (Å²) in [7, 11) is 0. The average Bonchev–Trinajstić information content (AvgIpc) is 3.16. The number of unbranched alkanes of at least 4 members (excludes halogenated alkanes) is 1. The summed E-state index contributed by atoms with van der Waals surface area (Å²) in [5.74, 6) is 1.07. The minimum absolute atomic E-state index is 0.166. The van der Waals surface area contributed by atoms with Crippen LogP contribution in [0.1, 0.15) is 57.4 Å². The molecule has 2 saturated heterocycles. The summed E-state index contributed by atoms with van der Waals surface area (Å²) in [5, 5.41) is 0. The van der Waals surface area contributed by atoms with E-state index < -0.39 is 0 Å². The lowest BCUT2D eigenvalue weighted by Gasteiger charge is -2.34. The van der Waals surface area contributed by atoms with Crippen molar-refractivity contribution in [3.05, 3.63) is 35.9 Å². The Morgan fingerprint density at radius 2 is 1.73 bits per heavy atom. The zero-order valence-corrected chi connectivity index (χ0v) is 16.0. The Hall–Kier alpha value is -1.84. The number of piperidine rings is 1. The van der Waals surface area contributed by atoms with Crippen molar-refractivity contribution in [2.24, 2.45) is 5.92 Å². The second kappa shape index (κ2) is 9.20. The number of hydrogen-bond donors (Lipinski definition) is 0. The molecule has 0 N–H and O–H groups in total. The molecule has 26 heavy (non-hydrogen) atoms. The fraction of sp³-hybridized carbons (Fsp3) is 0.636. The first kappa shape index (κ1) is 18.9. The molecule has 1 atom stereocenters. The number of carbonyl (C=O) groups is 2. The minimum Gasteiger partial charge on any atom is -0.341 e. The van der Waals surface area contributed by atoms with E-state index in [1.165, 1.54) is 5.56 Å². The van der Waals surface area contributed by atoms with E-state index in [9.17, 15) is 9.59 Å². The Labute approximate surface area is 157 Å². The minimum atomic E-state index is -0.204. The lowest BCUT2D eigenvalue weighted by Crippen LogP contribution is -2.49. The molecule has 0 radical (unpaired) electrons. The topological polar surface area (TPSA) is 40.6 Å². The quantitative estimate of drug-likeness (QED) is 0.730. The summed E-state index contributed by atoms with van der Waals surface area (Å²) in [4.78, 5) is 29.4. The Morgan fingerprint density at radius 3 is 2.46 bits per heavy atom. The zero-order chi connectivity index (χ0) is 18.4. The van der Waals surface area contributed by atoms with E-state index in [1.807, 2.05) is 15.9 Å². The molecule has 2 amide bonds. The smallest absolute Gasteiger partial charge is 0.245 e. The Balaban J connectivity index is 1.44. The maximum atomic E-state index is 12.9. The number of amides is 2. The van der Waals surface area contributed by atoms with Gasteiger partial charge in [-0.15, -0.1) is 0 Å². The third-order valence-corrected chi connectivity index (χ3v) is 5.90. The molecule has 2 aliphatic rings. The molecule has 3 rings (SSSR count). The maximum absolute atomic E-state index is 12.9. The van der Waals surface area contributed by atoms with Gasteiger partial charge >= 0.3 is 0 Å². The van der Waals surface area contributed by atoms with Crippen molar-refractivity contribution in [1.82, 2.24) is 9.80 Å². The van der Waals surface area contributed by atoms with Gasteiger partial charge in [0.05, 0.1) is 0 Å². The van der Waals surface area contributed by atoms with E-state index in [0.717, 1.165) is 64.6 Å². The van der Waals surface area contributed by atoms with Crippen LogP contribution in [0.4, 0.5) is 0 Å².